The molecule has 0 aliphatic carbocycles. The molecule has 0 radical (unpaired) electrons. The lowest BCUT2D eigenvalue weighted by Gasteiger charge is -2.17. The zero-order chi connectivity index (χ0) is 16.2. The number of para-hydroxylation sites is 1. The van der Waals surface area contributed by atoms with E-state index in [1.807, 2.05) is 31.2 Å². The maximum Gasteiger partial charge on any atom is 0.241 e. The Morgan fingerprint density at radius 2 is 1.77 bits per heavy atom. The molecule has 0 heterocycles. The fourth-order valence-corrected chi connectivity index (χ4v) is 3.02. The summed E-state index contributed by atoms with van der Waals surface area (Å²) >= 11 is 0. The maximum absolute atomic E-state index is 12.2. The lowest BCUT2D eigenvalue weighted by atomic mass is 10.2. The first kappa shape index (κ1) is 16.2. The molecule has 5 nitrogen and oxygen atoms in total. The van der Waals surface area contributed by atoms with E-state index in [9.17, 15) is 13.2 Å². The SMILES string of the molecule is Cc1cccc(S(=O)(=O)NCC(=O)N(C)c2ccccc2)c1. The van der Waals surface area contributed by atoms with E-state index >= 15 is 0 Å². The highest BCUT2D eigenvalue weighted by Crippen LogP contribution is 2.12. The number of nitrogens with one attached hydrogen (secondary N) is 1. The van der Waals surface area contributed by atoms with Crippen molar-refractivity contribution in [3.05, 3.63) is 60.2 Å². The molecule has 0 spiro atoms. The van der Waals surface area contributed by atoms with Crippen LogP contribution in [0.5, 0.6) is 0 Å². The summed E-state index contributed by atoms with van der Waals surface area (Å²) < 4.78 is 26.7. The van der Waals surface area contributed by atoms with Crippen molar-refractivity contribution >= 4 is 21.6 Å². The summed E-state index contributed by atoms with van der Waals surface area (Å²) in [6.45, 7) is 1.52. The Labute approximate surface area is 130 Å². The summed E-state index contributed by atoms with van der Waals surface area (Å²) in [7, 11) is -2.08. The molecule has 116 valence electrons. The average Bonchev–Trinajstić information content (AvgIpc) is 2.53. The number of nitrogens with zero attached hydrogens (tertiary/aromatic N) is 1. The molecule has 1 N–H and O–H groups in total. The van der Waals surface area contributed by atoms with E-state index in [4.69, 9.17) is 0 Å². The molecule has 0 aromatic heterocycles. The Bertz CT molecular complexity index is 758. The number of hydrogen-bond acceptors (Lipinski definition) is 3. The zero-order valence-electron chi connectivity index (χ0n) is 12.5. The summed E-state index contributed by atoms with van der Waals surface area (Å²) in [4.78, 5) is 13.7. The van der Waals surface area contributed by atoms with Crippen LogP contribution in [-0.2, 0) is 14.8 Å². The van der Waals surface area contributed by atoms with Crippen molar-refractivity contribution in [2.75, 3.05) is 18.5 Å². The summed E-state index contributed by atoms with van der Waals surface area (Å²) in [5.41, 5.74) is 1.55. The van der Waals surface area contributed by atoms with Crippen LogP contribution in [0.4, 0.5) is 5.69 Å². The molecule has 0 aliphatic rings. The number of carbonyl (C=O) groups excluding carboxylic acids is 1. The molecule has 0 saturated carbocycles. The van der Waals surface area contributed by atoms with Crippen LogP contribution < -0.4 is 9.62 Å². The van der Waals surface area contributed by atoms with Gasteiger partial charge in [0.15, 0.2) is 0 Å². The van der Waals surface area contributed by atoms with Gasteiger partial charge in [-0.25, -0.2) is 13.1 Å². The van der Waals surface area contributed by atoms with Crippen LogP contribution >= 0.6 is 0 Å². The van der Waals surface area contributed by atoms with Crippen LogP contribution in [0.3, 0.4) is 0 Å². The van der Waals surface area contributed by atoms with Gasteiger partial charge in [-0.2, -0.15) is 0 Å². The lowest BCUT2D eigenvalue weighted by Crippen LogP contribution is -2.38. The van der Waals surface area contributed by atoms with Crippen molar-refractivity contribution in [1.82, 2.24) is 4.72 Å². The van der Waals surface area contributed by atoms with E-state index in [1.54, 1.807) is 31.3 Å². The molecular formula is C16H18N2O3S. The van der Waals surface area contributed by atoms with Crippen molar-refractivity contribution in [3.8, 4) is 0 Å². The van der Waals surface area contributed by atoms with Crippen LogP contribution in [-0.4, -0.2) is 27.9 Å². The van der Waals surface area contributed by atoms with E-state index in [0.717, 1.165) is 5.56 Å². The molecule has 0 atom stereocenters. The number of rotatable bonds is 5. The van der Waals surface area contributed by atoms with Gasteiger partial charge in [0.1, 0.15) is 0 Å². The first-order valence-electron chi connectivity index (χ1n) is 6.78. The first-order chi connectivity index (χ1) is 10.4. The highest BCUT2D eigenvalue weighted by molar-refractivity contribution is 7.89. The molecule has 0 aliphatic heterocycles. The molecule has 1 amide bonds. The second-order valence-corrected chi connectivity index (χ2v) is 6.70. The van der Waals surface area contributed by atoms with Crippen LogP contribution in [0.25, 0.3) is 0 Å². The highest BCUT2D eigenvalue weighted by atomic mass is 32.2. The standard InChI is InChI=1S/C16H18N2O3S/c1-13-7-6-10-15(11-13)22(20,21)17-12-16(19)18(2)14-8-4-3-5-9-14/h3-11,17H,12H2,1-2H3. The number of aryl methyl sites for hydroxylation is 1. The van der Waals surface area contributed by atoms with Gasteiger partial charge in [-0.15, -0.1) is 0 Å². The van der Waals surface area contributed by atoms with Crippen molar-refractivity contribution < 1.29 is 13.2 Å². The third-order valence-electron chi connectivity index (χ3n) is 3.23. The van der Waals surface area contributed by atoms with Crippen LogP contribution in [0.15, 0.2) is 59.5 Å². The minimum Gasteiger partial charge on any atom is -0.314 e. The van der Waals surface area contributed by atoms with Gasteiger partial charge in [0.2, 0.25) is 15.9 Å². The monoisotopic (exact) mass is 318 g/mol. The van der Waals surface area contributed by atoms with Crippen molar-refractivity contribution in [2.24, 2.45) is 0 Å². The Kier molecular flexibility index (Phi) is 4.95. The van der Waals surface area contributed by atoms with Crippen molar-refractivity contribution in [1.29, 1.82) is 0 Å². The van der Waals surface area contributed by atoms with Gasteiger partial charge in [0.05, 0.1) is 11.4 Å². The van der Waals surface area contributed by atoms with Gasteiger partial charge in [-0.1, -0.05) is 30.3 Å². The first-order valence-corrected chi connectivity index (χ1v) is 8.26. The molecular weight excluding hydrogens is 300 g/mol. The van der Waals surface area contributed by atoms with E-state index in [2.05, 4.69) is 4.72 Å². The summed E-state index contributed by atoms with van der Waals surface area (Å²) in [5, 5.41) is 0. The minimum atomic E-state index is -3.69. The van der Waals surface area contributed by atoms with Crippen LogP contribution in [0.1, 0.15) is 5.56 Å². The van der Waals surface area contributed by atoms with Gasteiger partial charge >= 0.3 is 0 Å². The molecule has 0 saturated heterocycles. The number of hydrogen-bond donors (Lipinski definition) is 1. The van der Waals surface area contributed by atoms with Crippen LogP contribution in [0, 0.1) is 6.92 Å². The third kappa shape index (κ3) is 3.93. The van der Waals surface area contributed by atoms with E-state index in [0.29, 0.717) is 5.69 Å². The normalized spacial score (nSPS) is 11.2. The lowest BCUT2D eigenvalue weighted by molar-refractivity contribution is -0.117. The topological polar surface area (TPSA) is 66.5 Å². The fraction of sp³-hybridized carbons (Fsp3) is 0.188. The van der Waals surface area contributed by atoms with Gasteiger partial charge in [0.25, 0.3) is 0 Å². The smallest absolute Gasteiger partial charge is 0.241 e. The zero-order valence-corrected chi connectivity index (χ0v) is 13.3. The highest BCUT2D eigenvalue weighted by Gasteiger charge is 2.17. The van der Waals surface area contributed by atoms with Gasteiger partial charge < -0.3 is 4.90 Å². The van der Waals surface area contributed by atoms with Gasteiger partial charge in [-0.05, 0) is 36.8 Å². The molecule has 2 aromatic rings. The fourth-order valence-electron chi connectivity index (χ4n) is 1.94. The number of likely N-dealkylation sites (N-methyl/N-ethyl adjacent to an activating group) is 1. The van der Waals surface area contributed by atoms with E-state index in [1.165, 1.54) is 11.0 Å². The third-order valence-corrected chi connectivity index (χ3v) is 4.63. The van der Waals surface area contributed by atoms with E-state index < -0.39 is 10.0 Å². The number of anilines is 1. The number of carbonyl (C=O) groups is 1. The molecule has 2 aromatic carbocycles. The Morgan fingerprint density at radius 3 is 2.41 bits per heavy atom. The number of benzene rings is 2. The Morgan fingerprint density at radius 1 is 1.09 bits per heavy atom. The second-order valence-electron chi connectivity index (χ2n) is 4.93. The minimum absolute atomic E-state index is 0.155. The van der Waals surface area contributed by atoms with Gasteiger partial charge in [-0.3, -0.25) is 4.79 Å². The predicted octanol–water partition coefficient (Wildman–Crippen LogP) is 1.94. The summed E-state index contributed by atoms with van der Waals surface area (Å²) in [5.74, 6) is -0.331. The summed E-state index contributed by atoms with van der Waals surface area (Å²) in [6, 6.07) is 15.6. The number of amides is 1. The molecule has 6 heteroatoms. The Hall–Kier alpha value is -2.18. The molecule has 0 fully saturated rings. The van der Waals surface area contributed by atoms with Crippen molar-refractivity contribution in [2.45, 2.75) is 11.8 Å². The maximum atomic E-state index is 12.2. The van der Waals surface area contributed by atoms with Crippen molar-refractivity contribution in [3.63, 3.8) is 0 Å². The second kappa shape index (κ2) is 6.72. The summed E-state index contributed by atoms with van der Waals surface area (Å²) in [6.07, 6.45) is 0. The molecule has 0 unspecified atom stereocenters. The predicted molar refractivity (Wildman–Crippen MR) is 86.2 cm³/mol. The molecule has 22 heavy (non-hydrogen) atoms. The van der Waals surface area contributed by atoms with Crippen LogP contribution in [0.2, 0.25) is 0 Å². The quantitative estimate of drug-likeness (QED) is 0.916. The average molecular weight is 318 g/mol. The Balaban J connectivity index is 2.04. The largest absolute Gasteiger partial charge is 0.314 e. The molecule has 2 rings (SSSR count). The van der Waals surface area contributed by atoms with Gasteiger partial charge in [0, 0.05) is 12.7 Å². The van der Waals surface area contributed by atoms with E-state index in [-0.39, 0.29) is 17.3 Å². The number of sulfonamides is 1. The molecule has 0 bridgehead atoms.